The smallest absolute Gasteiger partial charge is 0.304 e. The van der Waals surface area contributed by atoms with Gasteiger partial charge in [-0.15, -0.1) is 0 Å². The standard InChI is InChI=1S/C14H25NO2/c16-14(17)9-11-15-10-5-4-8-13(15)12-6-2-1-3-7-12/h12-13H,1-11H2,(H,16,17). The summed E-state index contributed by atoms with van der Waals surface area (Å²) in [6, 6.07) is 0.684. The molecule has 0 aromatic carbocycles. The summed E-state index contributed by atoms with van der Waals surface area (Å²) in [5.41, 5.74) is 0. The highest BCUT2D eigenvalue weighted by molar-refractivity contribution is 5.66. The molecule has 1 heterocycles. The van der Waals surface area contributed by atoms with Crippen molar-refractivity contribution in [2.45, 2.75) is 63.8 Å². The second-order valence-corrected chi connectivity index (χ2v) is 5.64. The summed E-state index contributed by atoms with van der Waals surface area (Å²) in [5, 5.41) is 8.81. The van der Waals surface area contributed by atoms with E-state index in [4.69, 9.17) is 5.11 Å². The number of carboxylic acids is 1. The number of hydrogen-bond donors (Lipinski definition) is 1. The highest BCUT2D eigenvalue weighted by atomic mass is 16.4. The van der Waals surface area contributed by atoms with Gasteiger partial charge in [-0.2, -0.15) is 0 Å². The number of piperidine rings is 1. The van der Waals surface area contributed by atoms with Crippen LogP contribution in [-0.2, 0) is 4.79 Å². The van der Waals surface area contributed by atoms with E-state index in [0.717, 1.165) is 19.0 Å². The molecule has 1 saturated heterocycles. The summed E-state index contributed by atoms with van der Waals surface area (Å²) in [6.45, 7) is 1.88. The van der Waals surface area contributed by atoms with Crippen molar-refractivity contribution in [1.29, 1.82) is 0 Å². The first-order valence-corrected chi connectivity index (χ1v) is 7.23. The average molecular weight is 239 g/mol. The minimum absolute atomic E-state index is 0.309. The topological polar surface area (TPSA) is 40.5 Å². The number of likely N-dealkylation sites (tertiary alicyclic amines) is 1. The van der Waals surface area contributed by atoms with Gasteiger partial charge in [0.05, 0.1) is 6.42 Å². The van der Waals surface area contributed by atoms with E-state index >= 15 is 0 Å². The molecule has 1 saturated carbocycles. The number of nitrogens with zero attached hydrogens (tertiary/aromatic N) is 1. The van der Waals surface area contributed by atoms with Crippen molar-refractivity contribution < 1.29 is 9.90 Å². The predicted octanol–water partition coefficient (Wildman–Crippen LogP) is 2.90. The molecule has 0 amide bonds. The Morgan fingerprint density at radius 3 is 2.47 bits per heavy atom. The normalized spacial score (nSPS) is 28.1. The number of carbonyl (C=O) groups is 1. The van der Waals surface area contributed by atoms with Crippen molar-refractivity contribution in [3.8, 4) is 0 Å². The van der Waals surface area contributed by atoms with Crippen LogP contribution in [0.2, 0.25) is 0 Å². The first kappa shape index (κ1) is 12.9. The van der Waals surface area contributed by atoms with Crippen molar-refractivity contribution in [2.75, 3.05) is 13.1 Å². The van der Waals surface area contributed by atoms with Gasteiger partial charge < -0.3 is 5.11 Å². The molecule has 0 spiro atoms. The molecule has 0 bridgehead atoms. The van der Waals surface area contributed by atoms with E-state index in [-0.39, 0.29) is 0 Å². The highest BCUT2D eigenvalue weighted by Crippen LogP contribution is 2.33. The summed E-state index contributed by atoms with van der Waals surface area (Å²) in [4.78, 5) is 13.2. The van der Waals surface area contributed by atoms with Crippen LogP contribution in [0.25, 0.3) is 0 Å². The van der Waals surface area contributed by atoms with E-state index in [1.165, 1.54) is 51.4 Å². The van der Waals surface area contributed by atoms with Gasteiger partial charge in [0.1, 0.15) is 0 Å². The van der Waals surface area contributed by atoms with Crippen molar-refractivity contribution in [3.63, 3.8) is 0 Å². The van der Waals surface area contributed by atoms with E-state index in [0.29, 0.717) is 12.5 Å². The first-order chi connectivity index (χ1) is 8.27. The van der Waals surface area contributed by atoms with Crippen LogP contribution in [0.1, 0.15) is 57.8 Å². The van der Waals surface area contributed by atoms with Gasteiger partial charge in [-0.25, -0.2) is 0 Å². The molecule has 2 rings (SSSR count). The molecule has 2 fully saturated rings. The molecule has 2 aliphatic rings. The van der Waals surface area contributed by atoms with Crippen molar-refractivity contribution in [3.05, 3.63) is 0 Å². The zero-order valence-corrected chi connectivity index (χ0v) is 10.7. The maximum Gasteiger partial charge on any atom is 0.304 e. The van der Waals surface area contributed by atoms with E-state index in [9.17, 15) is 4.79 Å². The molecular formula is C14H25NO2. The van der Waals surface area contributed by atoms with Crippen LogP contribution in [0, 0.1) is 5.92 Å². The fourth-order valence-corrected chi connectivity index (χ4v) is 3.59. The Morgan fingerprint density at radius 1 is 1.06 bits per heavy atom. The van der Waals surface area contributed by atoms with Crippen LogP contribution in [0.3, 0.4) is 0 Å². The monoisotopic (exact) mass is 239 g/mol. The van der Waals surface area contributed by atoms with Gasteiger partial charge in [0.15, 0.2) is 0 Å². The second kappa shape index (κ2) is 6.39. The van der Waals surface area contributed by atoms with Gasteiger partial charge >= 0.3 is 5.97 Å². The van der Waals surface area contributed by atoms with E-state index in [2.05, 4.69) is 4.90 Å². The minimum atomic E-state index is -0.655. The molecule has 0 radical (unpaired) electrons. The highest BCUT2D eigenvalue weighted by Gasteiger charge is 2.30. The number of carboxylic acid groups (broad SMARTS) is 1. The lowest BCUT2D eigenvalue weighted by atomic mass is 9.80. The summed E-state index contributed by atoms with van der Waals surface area (Å²) in [6.07, 6.45) is 11.1. The lowest BCUT2D eigenvalue weighted by molar-refractivity contribution is -0.137. The molecule has 3 nitrogen and oxygen atoms in total. The van der Waals surface area contributed by atoms with Gasteiger partial charge in [0.2, 0.25) is 0 Å². The molecule has 0 aromatic rings. The largest absolute Gasteiger partial charge is 0.481 e. The van der Waals surface area contributed by atoms with E-state index in [1.54, 1.807) is 0 Å². The molecule has 1 unspecified atom stereocenters. The quantitative estimate of drug-likeness (QED) is 0.820. The average Bonchev–Trinajstić information content (AvgIpc) is 2.38. The first-order valence-electron chi connectivity index (χ1n) is 7.23. The zero-order chi connectivity index (χ0) is 12.1. The van der Waals surface area contributed by atoms with Crippen LogP contribution >= 0.6 is 0 Å². The van der Waals surface area contributed by atoms with Crippen molar-refractivity contribution in [1.82, 2.24) is 4.90 Å². The second-order valence-electron chi connectivity index (χ2n) is 5.64. The third kappa shape index (κ3) is 3.70. The number of hydrogen-bond acceptors (Lipinski definition) is 2. The summed E-state index contributed by atoms with van der Waals surface area (Å²) < 4.78 is 0. The molecule has 17 heavy (non-hydrogen) atoms. The van der Waals surface area contributed by atoms with E-state index < -0.39 is 5.97 Å². The molecule has 98 valence electrons. The van der Waals surface area contributed by atoms with Crippen molar-refractivity contribution in [2.24, 2.45) is 5.92 Å². The molecule has 1 N–H and O–H groups in total. The molecule has 3 heteroatoms. The fourth-order valence-electron chi connectivity index (χ4n) is 3.59. The van der Waals surface area contributed by atoms with Crippen LogP contribution in [-0.4, -0.2) is 35.1 Å². The molecule has 1 aliphatic carbocycles. The third-order valence-electron chi connectivity index (χ3n) is 4.47. The Bertz CT molecular complexity index is 249. The molecule has 1 aliphatic heterocycles. The lowest BCUT2D eigenvalue weighted by Crippen LogP contribution is -2.45. The zero-order valence-electron chi connectivity index (χ0n) is 10.7. The molecule has 1 atom stereocenters. The van der Waals surface area contributed by atoms with Gasteiger partial charge in [-0.05, 0) is 38.1 Å². The minimum Gasteiger partial charge on any atom is -0.481 e. The maximum atomic E-state index is 10.7. The van der Waals surface area contributed by atoms with Gasteiger partial charge in [-0.1, -0.05) is 25.7 Å². The van der Waals surface area contributed by atoms with Crippen molar-refractivity contribution >= 4 is 5.97 Å². The van der Waals surface area contributed by atoms with E-state index in [1.807, 2.05) is 0 Å². The lowest BCUT2D eigenvalue weighted by Gasteiger charge is -2.41. The van der Waals surface area contributed by atoms with Gasteiger partial charge in [0, 0.05) is 12.6 Å². The Kier molecular flexibility index (Phi) is 4.84. The summed E-state index contributed by atoms with van der Waals surface area (Å²) in [7, 11) is 0. The third-order valence-corrected chi connectivity index (χ3v) is 4.47. The van der Waals surface area contributed by atoms with Crippen LogP contribution in [0.4, 0.5) is 0 Å². The molecular weight excluding hydrogens is 214 g/mol. The number of rotatable bonds is 4. The van der Waals surface area contributed by atoms with Crippen LogP contribution in [0.15, 0.2) is 0 Å². The van der Waals surface area contributed by atoms with Crippen LogP contribution < -0.4 is 0 Å². The SMILES string of the molecule is O=C(O)CCN1CCCCC1C1CCCCC1. The maximum absolute atomic E-state index is 10.7. The van der Waals surface area contributed by atoms with Gasteiger partial charge in [-0.3, -0.25) is 9.69 Å². The van der Waals surface area contributed by atoms with Crippen LogP contribution in [0.5, 0.6) is 0 Å². The van der Waals surface area contributed by atoms with Gasteiger partial charge in [0.25, 0.3) is 0 Å². The Hall–Kier alpha value is -0.570. The Morgan fingerprint density at radius 2 is 1.76 bits per heavy atom. The number of aliphatic carboxylic acids is 1. The molecule has 0 aromatic heterocycles. The Labute approximate surface area is 104 Å². The summed E-state index contributed by atoms with van der Waals surface area (Å²) in [5.74, 6) is 0.191. The summed E-state index contributed by atoms with van der Waals surface area (Å²) >= 11 is 0. The Balaban J connectivity index is 1.88. The fraction of sp³-hybridized carbons (Fsp3) is 0.929. The predicted molar refractivity (Wildman–Crippen MR) is 68.0 cm³/mol.